The van der Waals surface area contributed by atoms with Crippen molar-refractivity contribution in [1.82, 2.24) is 20.0 Å². The highest BCUT2D eigenvalue weighted by atomic mass is 32.2. The van der Waals surface area contributed by atoms with E-state index in [4.69, 9.17) is 0 Å². The Hall–Kier alpha value is -3.04. The summed E-state index contributed by atoms with van der Waals surface area (Å²) < 4.78 is 27.2. The number of nitrogens with one attached hydrogen (secondary N) is 3. The van der Waals surface area contributed by atoms with Gasteiger partial charge in [-0.05, 0) is 37.1 Å². The number of para-hydroxylation sites is 2. The Morgan fingerprint density at radius 1 is 1.07 bits per heavy atom. The highest BCUT2D eigenvalue weighted by Crippen LogP contribution is 2.22. The summed E-state index contributed by atoms with van der Waals surface area (Å²) in [6.45, 7) is 4.87. The first kappa shape index (κ1) is 21.7. The third kappa shape index (κ3) is 4.92. The van der Waals surface area contributed by atoms with Gasteiger partial charge in [0.25, 0.3) is 0 Å². The van der Waals surface area contributed by atoms with Crippen molar-refractivity contribution in [2.24, 2.45) is 5.92 Å². The summed E-state index contributed by atoms with van der Waals surface area (Å²) in [7, 11) is -3.88. The van der Waals surface area contributed by atoms with Crippen molar-refractivity contribution in [3.05, 3.63) is 59.9 Å². The number of hydrogen-bond donors (Lipinski definition) is 3. The predicted octanol–water partition coefficient (Wildman–Crippen LogP) is 2.56. The van der Waals surface area contributed by atoms with E-state index in [1.165, 1.54) is 31.2 Å². The molecule has 0 aliphatic rings. The van der Waals surface area contributed by atoms with Crippen LogP contribution in [0.2, 0.25) is 0 Å². The highest BCUT2D eigenvalue weighted by molar-refractivity contribution is 7.89. The summed E-state index contributed by atoms with van der Waals surface area (Å²) in [5.74, 6) is 0.0159. The van der Waals surface area contributed by atoms with Crippen LogP contribution in [0.1, 0.15) is 43.0 Å². The van der Waals surface area contributed by atoms with E-state index in [9.17, 15) is 18.0 Å². The average molecular weight is 429 g/mol. The highest BCUT2D eigenvalue weighted by Gasteiger charge is 2.23. The number of amides is 1. The van der Waals surface area contributed by atoms with E-state index in [1.807, 2.05) is 38.1 Å². The fraction of sp³-hybridized carbons (Fsp3) is 0.286. The van der Waals surface area contributed by atoms with Crippen LogP contribution >= 0.6 is 0 Å². The van der Waals surface area contributed by atoms with Crippen LogP contribution in [0.15, 0.2) is 53.4 Å². The van der Waals surface area contributed by atoms with Gasteiger partial charge in [0, 0.05) is 5.56 Å². The van der Waals surface area contributed by atoms with Gasteiger partial charge in [-0.2, -0.15) is 0 Å². The first-order valence-electron chi connectivity index (χ1n) is 9.52. The third-order valence-corrected chi connectivity index (χ3v) is 6.10. The zero-order valence-corrected chi connectivity index (χ0v) is 17.8. The molecule has 9 heteroatoms. The number of nitrogens with zero attached hydrogens (tertiary/aromatic N) is 1. The molecule has 2 aromatic carbocycles. The molecule has 0 saturated heterocycles. The van der Waals surface area contributed by atoms with Gasteiger partial charge >= 0.3 is 0 Å². The fourth-order valence-corrected chi connectivity index (χ4v) is 3.99. The van der Waals surface area contributed by atoms with Gasteiger partial charge in [-0.15, -0.1) is 0 Å². The van der Waals surface area contributed by atoms with Crippen molar-refractivity contribution in [2.45, 2.75) is 31.7 Å². The minimum absolute atomic E-state index is 0.0157. The number of ketones is 1. The van der Waals surface area contributed by atoms with Crippen LogP contribution in [0.5, 0.6) is 0 Å². The maximum absolute atomic E-state index is 12.4. The number of fused-ring (bicyclic) bond motifs is 1. The first-order chi connectivity index (χ1) is 14.2. The molecule has 0 saturated carbocycles. The normalized spacial score (nSPS) is 12.8. The first-order valence-corrected chi connectivity index (χ1v) is 11.0. The summed E-state index contributed by atoms with van der Waals surface area (Å²) in [4.78, 5) is 31.5. The van der Waals surface area contributed by atoms with Gasteiger partial charge in [0.1, 0.15) is 5.82 Å². The molecular formula is C21H24N4O4S. The van der Waals surface area contributed by atoms with Crippen LogP contribution in [0.4, 0.5) is 0 Å². The Balaban J connectivity index is 1.67. The van der Waals surface area contributed by atoms with E-state index < -0.39 is 28.5 Å². The number of benzene rings is 2. The number of Topliss-reactive ketones (excluding diaryl/α,β-unsaturated/α-hetero) is 1. The zero-order valence-electron chi connectivity index (χ0n) is 17.0. The molecular weight excluding hydrogens is 404 g/mol. The van der Waals surface area contributed by atoms with Crippen LogP contribution in [0.25, 0.3) is 11.0 Å². The molecule has 0 aliphatic carbocycles. The topological polar surface area (TPSA) is 121 Å². The second-order valence-electron chi connectivity index (χ2n) is 7.33. The standard InChI is InChI=1S/C21H24N4O4S/c1-13(2)20(21-23-17-6-4-5-7-18(17)24-21)25-19(27)12-22-30(28,29)16-10-8-15(9-11-16)14(3)26/h4-11,13,20,22H,12H2,1-3H3,(H,23,24)(H,25,27). The predicted molar refractivity (Wildman–Crippen MR) is 113 cm³/mol. The van der Waals surface area contributed by atoms with Crippen LogP contribution in [0.3, 0.4) is 0 Å². The van der Waals surface area contributed by atoms with Crippen molar-refractivity contribution in [1.29, 1.82) is 0 Å². The van der Waals surface area contributed by atoms with Gasteiger partial charge in [-0.3, -0.25) is 9.59 Å². The van der Waals surface area contributed by atoms with Gasteiger partial charge in [0.15, 0.2) is 5.78 Å². The van der Waals surface area contributed by atoms with Crippen molar-refractivity contribution < 1.29 is 18.0 Å². The molecule has 1 amide bonds. The smallest absolute Gasteiger partial charge is 0.241 e. The minimum Gasteiger partial charge on any atom is -0.345 e. The maximum Gasteiger partial charge on any atom is 0.241 e. The van der Waals surface area contributed by atoms with E-state index in [0.29, 0.717) is 11.4 Å². The lowest BCUT2D eigenvalue weighted by Gasteiger charge is -2.20. The number of H-pyrrole nitrogens is 1. The van der Waals surface area contributed by atoms with Gasteiger partial charge in [-0.1, -0.05) is 38.1 Å². The Kier molecular flexibility index (Phi) is 6.33. The lowest BCUT2D eigenvalue weighted by Crippen LogP contribution is -2.40. The lowest BCUT2D eigenvalue weighted by molar-refractivity contribution is -0.121. The Morgan fingerprint density at radius 2 is 1.73 bits per heavy atom. The molecule has 0 bridgehead atoms. The Labute approximate surface area is 175 Å². The van der Waals surface area contributed by atoms with Crippen molar-refractivity contribution in [3.63, 3.8) is 0 Å². The van der Waals surface area contributed by atoms with Gasteiger partial charge in [0.05, 0.1) is 28.5 Å². The second kappa shape index (κ2) is 8.76. The van der Waals surface area contributed by atoms with E-state index in [-0.39, 0.29) is 16.6 Å². The molecule has 1 atom stereocenters. The molecule has 1 aromatic heterocycles. The largest absolute Gasteiger partial charge is 0.345 e. The van der Waals surface area contributed by atoms with Gasteiger partial charge in [0.2, 0.25) is 15.9 Å². The molecule has 1 unspecified atom stereocenters. The molecule has 0 fully saturated rings. The summed E-state index contributed by atoms with van der Waals surface area (Å²) in [6.07, 6.45) is 0. The molecule has 3 aromatic rings. The lowest BCUT2D eigenvalue weighted by atomic mass is 10.0. The summed E-state index contributed by atoms with van der Waals surface area (Å²) in [5.41, 5.74) is 2.07. The van der Waals surface area contributed by atoms with E-state index >= 15 is 0 Å². The number of sulfonamides is 1. The monoisotopic (exact) mass is 428 g/mol. The Morgan fingerprint density at radius 3 is 2.33 bits per heavy atom. The molecule has 0 spiro atoms. The van der Waals surface area contributed by atoms with E-state index in [1.54, 1.807) is 0 Å². The van der Waals surface area contributed by atoms with E-state index in [0.717, 1.165) is 11.0 Å². The molecule has 3 rings (SSSR count). The number of rotatable bonds is 8. The van der Waals surface area contributed by atoms with Crippen LogP contribution in [-0.4, -0.2) is 36.6 Å². The molecule has 3 N–H and O–H groups in total. The number of aromatic amines is 1. The zero-order chi connectivity index (χ0) is 21.9. The van der Waals surface area contributed by atoms with Crippen molar-refractivity contribution in [3.8, 4) is 0 Å². The average Bonchev–Trinajstić information content (AvgIpc) is 3.14. The second-order valence-corrected chi connectivity index (χ2v) is 9.10. The van der Waals surface area contributed by atoms with Crippen LogP contribution in [0, 0.1) is 5.92 Å². The number of carbonyl (C=O) groups is 2. The van der Waals surface area contributed by atoms with E-state index in [2.05, 4.69) is 20.0 Å². The van der Waals surface area contributed by atoms with Crippen molar-refractivity contribution in [2.75, 3.05) is 6.54 Å². The minimum atomic E-state index is -3.88. The quantitative estimate of drug-likeness (QED) is 0.476. The molecule has 0 radical (unpaired) electrons. The summed E-state index contributed by atoms with van der Waals surface area (Å²) in [5, 5.41) is 2.84. The maximum atomic E-state index is 12.4. The molecule has 8 nitrogen and oxygen atoms in total. The summed E-state index contributed by atoms with van der Waals surface area (Å²) in [6, 6.07) is 12.7. The fourth-order valence-electron chi connectivity index (χ4n) is 3.01. The molecule has 1 heterocycles. The SMILES string of the molecule is CC(=O)c1ccc(S(=O)(=O)NCC(=O)NC(c2nc3ccccc3[nH]2)C(C)C)cc1. The number of imidazole rings is 1. The summed E-state index contributed by atoms with van der Waals surface area (Å²) >= 11 is 0. The van der Waals surface area contributed by atoms with Gasteiger partial charge in [-0.25, -0.2) is 18.1 Å². The van der Waals surface area contributed by atoms with Crippen molar-refractivity contribution >= 4 is 32.7 Å². The molecule has 30 heavy (non-hydrogen) atoms. The number of hydrogen-bond acceptors (Lipinski definition) is 5. The van der Waals surface area contributed by atoms with Gasteiger partial charge < -0.3 is 10.3 Å². The number of aromatic nitrogens is 2. The Bertz CT molecular complexity index is 1130. The third-order valence-electron chi connectivity index (χ3n) is 4.68. The van der Waals surface area contributed by atoms with Crippen LogP contribution < -0.4 is 10.0 Å². The van der Waals surface area contributed by atoms with Crippen LogP contribution in [-0.2, 0) is 14.8 Å². The molecule has 0 aliphatic heterocycles. The molecule has 158 valence electrons. The number of carbonyl (C=O) groups excluding carboxylic acids is 2.